The summed E-state index contributed by atoms with van der Waals surface area (Å²) >= 11 is 1.72. The van der Waals surface area contributed by atoms with E-state index >= 15 is 0 Å². The fraction of sp³-hybridized carbons (Fsp3) is 0.211. The predicted molar refractivity (Wildman–Crippen MR) is 96.0 cm³/mol. The molecule has 118 valence electrons. The van der Waals surface area contributed by atoms with Gasteiger partial charge in [0.1, 0.15) is 17.2 Å². The number of pyridine rings is 1. The zero-order valence-corrected chi connectivity index (χ0v) is 14.3. The molecular weight excluding hydrogens is 306 g/mol. The zero-order valence-electron chi connectivity index (χ0n) is 13.5. The monoisotopic (exact) mass is 325 g/mol. The molecule has 1 aromatic heterocycles. The van der Waals surface area contributed by atoms with Crippen molar-refractivity contribution in [3.63, 3.8) is 0 Å². The number of methoxy groups -OCH3 is 1. The lowest BCUT2D eigenvalue weighted by atomic mass is 10.1. The molecule has 23 heavy (non-hydrogen) atoms. The molecule has 4 heteroatoms. The molecule has 3 rings (SSSR count). The van der Waals surface area contributed by atoms with E-state index in [1.165, 1.54) is 4.90 Å². The van der Waals surface area contributed by atoms with Gasteiger partial charge in [-0.25, -0.2) is 0 Å². The highest BCUT2D eigenvalue weighted by molar-refractivity contribution is 7.98. The van der Waals surface area contributed by atoms with Gasteiger partial charge in [0.25, 0.3) is 0 Å². The molecule has 0 N–H and O–H groups in total. The van der Waals surface area contributed by atoms with Gasteiger partial charge in [-0.3, -0.25) is 4.98 Å². The highest BCUT2D eigenvalue weighted by atomic mass is 32.2. The topological polar surface area (TPSA) is 31.4 Å². The van der Waals surface area contributed by atoms with E-state index in [2.05, 4.69) is 36.4 Å². The maximum absolute atomic E-state index is 6.07. The third kappa shape index (κ3) is 3.27. The Morgan fingerprint density at radius 1 is 1.04 bits per heavy atom. The van der Waals surface area contributed by atoms with Crippen molar-refractivity contribution in [1.29, 1.82) is 0 Å². The van der Waals surface area contributed by atoms with Crippen molar-refractivity contribution < 1.29 is 9.47 Å². The summed E-state index contributed by atoms with van der Waals surface area (Å²) in [6.45, 7) is 2.11. The van der Waals surface area contributed by atoms with Gasteiger partial charge in [-0.1, -0.05) is 6.92 Å². The minimum Gasteiger partial charge on any atom is -0.496 e. The molecule has 0 fully saturated rings. The van der Waals surface area contributed by atoms with Crippen LogP contribution in [0.1, 0.15) is 12.5 Å². The summed E-state index contributed by atoms with van der Waals surface area (Å²) in [6, 6.07) is 14.1. The van der Waals surface area contributed by atoms with Gasteiger partial charge in [-0.15, -0.1) is 11.8 Å². The molecule has 0 aliphatic heterocycles. The van der Waals surface area contributed by atoms with Crippen LogP contribution in [0.5, 0.6) is 17.2 Å². The molecular formula is C19H19NO2S. The quantitative estimate of drug-likeness (QED) is 0.594. The lowest BCUT2D eigenvalue weighted by Gasteiger charge is -2.12. The number of benzene rings is 2. The second kappa shape index (κ2) is 6.92. The maximum atomic E-state index is 6.07. The van der Waals surface area contributed by atoms with Gasteiger partial charge in [-0.2, -0.15) is 0 Å². The lowest BCUT2D eigenvalue weighted by molar-refractivity contribution is 0.410. The van der Waals surface area contributed by atoms with Gasteiger partial charge >= 0.3 is 0 Å². The van der Waals surface area contributed by atoms with Crippen LogP contribution in [0.2, 0.25) is 0 Å². The van der Waals surface area contributed by atoms with Crippen LogP contribution < -0.4 is 9.47 Å². The van der Waals surface area contributed by atoms with Crippen LogP contribution in [0.3, 0.4) is 0 Å². The average molecular weight is 325 g/mol. The number of hydrogen-bond acceptors (Lipinski definition) is 4. The molecule has 3 nitrogen and oxygen atoms in total. The van der Waals surface area contributed by atoms with Gasteiger partial charge in [0, 0.05) is 22.5 Å². The van der Waals surface area contributed by atoms with Gasteiger partial charge in [-0.05, 0) is 54.6 Å². The largest absolute Gasteiger partial charge is 0.496 e. The molecule has 0 saturated carbocycles. The van der Waals surface area contributed by atoms with E-state index < -0.39 is 0 Å². The zero-order chi connectivity index (χ0) is 16.2. The molecule has 0 spiro atoms. The van der Waals surface area contributed by atoms with E-state index in [0.29, 0.717) is 0 Å². The molecule has 3 aromatic rings. The first-order chi connectivity index (χ1) is 11.2. The molecule has 0 saturated heterocycles. The molecule has 0 bridgehead atoms. The standard InChI is InChI=1S/C19H19NO2S/c1-4-13-11-16-17(12-19(13)21-2)20-10-9-18(16)22-14-5-7-15(23-3)8-6-14/h5-12H,4H2,1-3H3. The molecule has 2 aromatic carbocycles. The number of rotatable bonds is 5. The first-order valence-corrected chi connectivity index (χ1v) is 8.75. The van der Waals surface area contributed by atoms with E-state index in [9.17, 15) is 0 Å². The average Bonchev–Trinajstić information content (AvgIpc) is 2.61. The number of aromatic nitrogens is 1. The van der Waals surface area contributed by atoms with Crippen LogP contribution in [-0.4, -0.2) is 18.3 Å². The van der Waals surface area contributed by atoms with Crippen LogP contribution >= 0.6 is 11.8 Å². The molecule has 0 unspecified atom stereocenters. The summed E-state index contributed by atoms with van der Waals surface area (Å²) in [7, 11) is 1.69. The van der Waals surface area contributed by atoms with Crippen molar-refractivity contribution in [1.82, 2.24) is 4.98 Å². The summed E-state index contributed by atoms with van der Waals surface area (Å²) in [5.74, 6) is 2.50. The van der Waals surface area contributed by atoms with E-state index in [1.807, 2.05) is 24.3 Å². The Balaban J connectivity index is 2.02. The second-order valence-corrected chi connectivity index (χ2v) is 6.00. The first kappa shape index (κ1) is 15.7. The molecule has 0 aliphatic rings. The van der Waals surface area contributed by atoms with Gasteiger partial charge in [0.05, 0.1) is 12.6 Å². The van der Waals surface area contributed by atoms with Crippen LogP contribution in [-0.2, 0) is 6.42 Å². The van der Waals surface area contributed by atoms with E-state index in [4.69, 9.17) is 9.47 Å². The first-order valence-electron chi connectivity index (χ1n) is 7.52. The Bertz CT molecular complexity index is 815. The normalized spacial score (nSPS) is 10.7. The van der Waals surface area contributed by atoms with Crippen molar-refractivity contribution in [2.24, 2.45) is 0 Å². The van der Waals surface area contributed by atoms with Crippen LogP contribution in [0, 0.1) is 0 Å². The van der Waals surface area contributed by atoms with Crippen molar-refractivity contribution in [2.75, 3.05) is 13.4 Å². The van der Waals surface area contributed by atoms with Crippen molar-refractivity contribution in [2.45, 2.75) is 18.2 Å². The predicted octanol–water partition coefficient (Wildman–Crippen LogP) is 5.32. The molecule has 0 radical (unpaired) electrons. The van der Waals surface area contributed by atoms with Crippen molar-refractivity contribution in [3.8, 4) is 17.2 Å². The van der Waals surface area contributed by atoms with E-state index in [-0.39, 0.29) is 0 Å². The SMILES string of the molecule is CCc1cc2c(Oc3ccc(SC)cc3)ccnc2cc1OC. The highest BCUT2D eigenvalue weighted by Crippen LogP contribution is 2.33. The van der Waals surface area contributed by atoms with E-state index in [0.717, 1.165) is 40.1 Å². The lowest BCUT2D eigenvalue weighted by Crippen LogP contribution is -1.94. The Morgan fingerprint density at radius 3 is 2.48 bits per heavy atom. The highest BCUT2D eigenvalue weighted by Gasteiger charge is 2.10. The summed E-state index contributed by atoms with van der Waals surface area (Å²) in [4.78, 5) is 5.65. The third-order valence-corrected chi connectivity index (χ3v) is 4.52. The number of hydrogen-bond donors (Lipinski definition) is 0. The minimum absolute atomic E-state index is 0.809. The third-order valence-electron chi connectivity index (χ3n) is 3.77. The Morgan fingerprint density at radius 2 is 1.83 bits per heavy atom. The fourth-order valence-corrected chi connectivity index (χ4v) is 2.93. The van der Waals surface area contributed by atoms with Gasteiger partial charge < -0.3 is 9.47 Å². The van der Waals surface area contributed by atoms with E-state index in [1.54, 1.807) is 25.1 Å². The molecule has 1 heterocycles. The number of fused-ring (bicyclic) bond motifs is 1. The van der Waals surface area contributed by atoms with Gasteiger partial charge in [0.15, 0.2) is 0 Å². The fourth-order valence-electron chi connectivity index (χ4n) is 2.52. The number of nitrogens with zero attached hydrogens (tertiary/aromatic N) is 1. The number of thioether (sulfide) groups is 1. The Kier molecular flexibility index (Phi) is 4.72. The summed E-state index contributed by atoms with van der Waals surface area (Å²) in [5.41, 5.74) is 2.02. The summed E-state index contributed by atoms with van der Waals surface area (Å²) < 4.78 is 11.5. The number of aryl methyl sites for hydroxylation is 1. The van der Waals surface area contributed by atoms with Gasteiger partial charge in [0.2, 0.25) is 0 Å². The molecule has 0 aliphatic carbocycles. The Hall–Kier alpha value is -2.20. The second-order valence-electron chi connectivity index (χ2n) is 5.12. The van der Waals surface area contributed by atoms with Crippen molar-refractivity contribution in [3.05, 3.63) is 54.2 Å². The minimum atomic E-state index is 0.809. The van der Waals surface area contributed by atoms with Crippen LogP contribution in [0.15, 0.2) is 53.6 Å². The Labute approximate surface area is 140 Å². The molecule has 0 atom stereocenters. The summed E-state index contributed by atoms with van der Waals surface area (Å²) in [5, 5.41) is 0.999. The summed E-state index contributed by atoms with van der Waals surface area (Å²) in [6.07, 6.45) is 4.72. The smallest absolute Gasteiger partial charge is 0.138 e. The molecule has 0 amide bonds. The maximum Gasteiger partial charge on any atom is 0.138 e. The number of ether oxygens (including phenoxy) is 2. The van der Waals surface area contributed by atoms with Crippen LogP contribution in [0.25, 0.3) is 10.9 Å². The van der Waals surface area contributed by atoms with Crippen molar-refractivity contribution >= 4 is 22.7 Å². The van der Waals surface area contributed by atoms with Crippen LogP contribution in [0.4, 0.5) is 0 Å².